The van der Waals surface area contributed by atoms with Crippen molar-refractivity contribution in [1.82, 2.24) is 24.9 Å². The van der Waals surface area contributed by atoms with Gasteiger partial charge in [-0.2, -0.15) is 5.10 Å². The largest absolute Gasteiger partial charge is 0.481 e. The minimum Gasteiger partial charge on any atom is -0.481 e. The number of ether oxygens (including phenoxy) is 1. The fraction of sp³-hybridized carbons (Fsp3) is 0.333. The smallest absolute Gasteiger partial charge is 0.256 e. The number of pyridine rings is 1. The van der Waals surface area contributed by atoms with Gasteiger partial charge in [0.1, 0.15) is 17.2 Å². The third-order valence-corrected chi connectivity index (χ3v) is 4.17. The molecule has 0 saturated carbocycles. The van der Waals surface area contributed by atoms with E-state index in [-0.39, 0.29) is 11.7 Å². The Balaban J connectivity index is 0.000000197. The summed E-state index contributed by atoms with van der Waals surface area (Å²) in [5, 5.41) is 6.73. The molecule has 1 fully saturated rings. The zero-order valence-corrected chi connectivity index (χ0v) is 15.2. The molecule has 9 heteroatoms. The number of rotatable bonds is 3. The highest BCUT2D eigenvalue weighted by atomic mass is 19.1. The van der Waals surface area contributed by atoms with Gasteiger partial charge in [-0.15, -0.1) is 0 Å². The molecule has 1 amide bonds. The van der Waals surface area contributed by atoms with Crippen LogP contribution < -0.4 is 15.0 Å². The SMILES string of the molecule is CNC(=O)c1cnn2ccc(N3CCCC3)nc12.COc1ccc(F)cn1. The molecule has 0 radical (unpaired) electrons. The Hall–Kier alpha value is -3.23. The van der Waals surface area contributed by atoms with Crippen LogP contribution in [0, 0.1) is 5.82 Å². The van der Waals surface area contributed by atoms with Gasteiger partial charge < -0.3 is 15.0 Å². The standard InChI is InChI=1S/C12H15N5O.C6H6FNO/c1-13-12(18)9-8-14-17-7-4-10(15-11(9)17)16-5-2-3-6-16;1-9-6-3-2-5(7)4-8-6/h4,7-8H,2-3,5-6H2,1H3,(H,13,18);2-4H,1H3. The molecule has 1 aliphatic rings. The fourth-order valence-corrected chi connectivity index (χ4v) is 2.76. The highest BCUT2D eigenvalue weighted by molar-refractivity contribution is 5.99. The van der Waals surface area contributed by atoms with E-state index in [1.807, 2.05) is 12.3 Å². The maximum atomic E-state index is 12.1. The lowest BCUT2D eigenvalue weighted by Crippen LogP contribution is -2.20. The molecule has 0 unspecified atom stereocenters. The topological polar surface area (TPSA) is 84.7 Å². The molecule has 27 heavy (non-hydrogen) atoms. The first-order chi connectivity index (χ1) is 13.1. The summed E-state index contributed by atoms with van der Waals surface area (Å²) in [5.41, 5.74) is 1.12. The summed E-state index contributed by atoms with van der Waals surface area (Å²) in [6.45, 7) is 2.07. The predicted molar refractivity (Wildman–Crippen MR) is 98.6 cm³/mol. The average Bonchev–Trinajstić information content (AvgIpc) is 3.38. The zero-order chi connectivity index (χ0) is 19.2. The molecule has 0 aliphatic carbocycles. The van der Waals surface area contributed by atoms with Crippen LogP contribution in [0.1, 0.15) is 23.2 Å². The second-order valence-electron chi connectivity index (χ2n) is 5.90. The van der Waals surface area contributed by atoms with Gasteiger partial charge in [0.05, 0.1) is 19.5 Å². The highest BCUT2D eigenvalue weighted by Gasteiger charge is 2.17. The van der Waals surface area contributed by atoms with Gasteiger partial charge in [0.25, 0.3) is 5.91 Å². The number of amides is 1. The number of fused-ring (bicyclic) bond motifs is 1. The van der Waals surface area contributed by atoms with Crippen LogP contribution in [0.15, 0.2) is 36.8 Å². The van der Waals surface area contributed by atoms with E-state index in [0.717, 1.165) is 25.1 Å². The Labute approximate surface area is 156 Å². The van der Waals surface area contributed by atoms with Crippen LogP contribution in [0.4, 0.5) is 10.2 Å². The van der Waals surface area contributed by atoms with Gasteiger partial charge in [-0.3, -0.25) is 4.79 Å². The summed E-state index contributed by atoms with van der Waals surface area (Å²) >= 11 is 0. The maximum absolute atomic E-state index is 12.1. The van der Waals surface area contributed by atoms with Crippen molar-refractivity contribution in [2.75, 3.05) is 32.1 Å². The van der Waals surface area contributed by atoms with Crippen molar-refractivity contribution < 1.29 is 13.9 Å². The van der Waals surface area contributed by atoms with E-state index < -0.39 is 0 Å². The molecule has 0 atom stereocenters. The van der Waals surface area contributed by atoms with Crippen LogP contribution in [-0.2, 0) is 0 Å². The predicted octanol–water partition coefficient (Wildman–Crippen LogP) is 1.92. The summed E-state index contributed by atoms with van der Waals surface area (Å²) in [6.07, 6.45) is 6.92. The molecule has 3 aromatic rings. The molecule has 0 aromatic carbocycles. The van der Waals surface area contributed by atoms with Gasteiger partial charge in [-0.25, -0.2) is 18.9 Å². The number of anilines is 1. The number of carbonyl (C=O) groups is 1. The molecule has 1 N–H and O–H groups in total. The van der Waals surface area contributed by atoms with Gasteiger partial charge >= 0.3 is 0 Å². The van der Waals surface area contributed by atoms with Gasteiger partial charge in [0, 0.05) is 32.4 Å². The lowest BCUT2D eigenvalue weighted by molar-refractivity contribution is 0.0964. The van der Waals surface area contributed by atoms with Crippen LogP contribution in [0.25, 0.3) is 5.65 Å². The molecule has 4 heterocycles. The quantitative estimate of drug-likeness (QED) is 0.756. The third kappa shape index (κ3) is 4.30. The van der Waals surface area contributed by atoms with E-state index >= 15 is 0 Å². The van der Waals surface area contributed by atoms with E-state index in [2.05, 4.69) is 25.3 Å². The van der Waals surface area contributed by atoms with Crippen molar-refractivity contribution >= 4 is 17.4 Å². The summed E-state index contributed by atoms with van der Waals surface area (Å²) in [4.78, 5) is 22.1. The molecule has 8 nitrogen and oxygen atoms in total. The first kappa shape index (κ1) is 18.6. The Morgan fingerprint density at radius 3 is 2.63 bits per heavy atom. The van der Waals surface area contributed by atoms with Crippen LogP contribution >= 0.6 is 0 Å². The van der Waals surface area contributed by atoms with Crippen molar-refractivity contribution in [2.45, 2.75) is 12.8 Å². The molecule has 0 bridgehead atoms. The minimum absolute atomic E-state index is 0.156. The third-order valence-electron chi connectivity index (χ3n) is 4.17. The molecule has 1 aliphatic heterocycles. The molecular weight excluding hydrogens is 351 g/mol. The highest BCUT2D eigenvalue weighted by Crippen LogP contribution is 2.19. The van der Waals surface area contributed by atoms with Crippen LogP contribution in [0.3, 0.4) is 0 Å². The number of aromatic nitrogens is 4. The molecule has 0 spiro atoms. The van der Waals surface area contributed by atoms with Crippen LogP contribution in [0.5, 0.6) is 5.88 Å². The zero-order valence-electron chi connectivity index (χ0n) is 15.2. The average molecular weight is 372 g/mol. The fourth-order valence-electron chi connectivity index (χ4n) is 2.76. The molecule has 142 valence electrons. The van der Waals surface area contributed by atoms with Crippen molar-refractivity contribution in [3.8, 4) is 5.88 Å². The summed E-state index contributed by atoms with van der Waals surface area (Å²) in [5.74, 6) is 0.842. The van der Waals surface area contributed by atoms with E-state index in [1.165, 1.54) is 32.1 Å². The van der Waals surface area contributed by atoms with Crippen molar-refractivity contribution in [2.24, 2.45) is 0 Å². The number of carbonyl (C=O) groups excluding carboxylic acids is 1. The monoisotopic (exact) mass is 372 g/mol. The first-order valence-electron chi connectivity index (χ1n) is 8.59. The van der Waals surface area contributed by atoms with E-state index in [1.54, 1.807) is 17.8 Å². The second kappa shape index (κ2) is 8.43. The molecule has 3 aromatic heterocycles. The first-order valence-corrected chi connectivity index (χ1v) is 8.59. The van der Waals surface area contributed by atoms with Gasteiger partial charge in [0.2, 0.25) is 5.88 Å². The van der Waals surface area contributed by atoms with Gasteiger partial charge in [-0.1, -0.05) is 0 Å². The number of halogens is 1. The summed E-state index contributed by atoms with van der Waals surface area (Å²) < 4.78 is 18.4. The Kier molecular flexibility index (Phi) is 5.80. The van der Waals surface area contributed by atoms with Crippen molar-refractivity contribution in [3.63, 3.8) is 0 Å². The second-order valence-corrected chi connectivity index (χ2v) is 5.90. The van der Waals surface area contributed by atoms with Gasteiger partial charge in [0.15, 0.2) is 5.65 Å². The molecular formula is C18H21FN6O2. The van der Waals surface area contributed by atoms with Crippen molar-refractivity contribution in [3.05, 3.63) is 48.2 Å². The van der Waals surface area contributed by atoms with Crippen LogP contribution in [-0.4, -0.2) is 52.7 Å². The van der Waals surface area contributed by atoms with E-state index in [4.69, 9.17) is 4.74 Å². The normalized spacial score (nSPS) is 13.2. The van der Waals surface area contributed by atoms with Crippen molar-refractivity contribution in [1.29, 1.82) is 0 Å². The van der Waals surface area contributed by atoms with Gasteiger partial charge in [-0.05, 0) is 25.0 Å². The Bertz CT molecular complexity index is 906. The molecule has 4 rings (SSSR count). The number of nitrogens with zero attached hydrogens (tertiary/aromatic N) is 5. The summed E-state index contributed by atoms with van der Waals surface area (Å²) in [7, 11) is 3.09. The van der Waals surface area contributed by atoms with Crippen LogP contribution in [0.2, 0.25) is 0 Å². The van der Waals surface area contributed by atoms with E-state index in [9.17, 15) is 9.18 Å². The number of methoxy groups -OCH3 is 1. The lowest BCUT2D eigenvalue weighted by Gasteiger charge is -2.15. The molecule has 1 saturated heterocycles. The maximum Gasteiger partial charge on any atom is 0.256 e. The minimum atomic E-state index is -0.351. The number of nitrogens with one attached hydrogen (secondary N) is 1. The lowest BCUT2D eigenvalue weighted by atomic mass is 10.3. The number of hydrogen-bond acceptors (Lipinski definition) is 6. The number of hydrogen-bond donors (Lipinski definition) is 1. The summed E-state index contributed by atoms with van der Waals surface area (Å²) in [6, 6.07) is 4.71. The van der Waals surface area contributed by atoms with E-state index in [0.29, 0.717) is 17.1 Å². The Morgan fingerprint density at radius 1 is 1.22 bits per heavy atom. The Morgan fingerprint density at radius 2 is 2.00 bits per heavy atom.